The van der Waals surface area contributed by atoms with E-state index in [4.69, 9.17) is 9.47 Å². The van der Waals surface area contributed by atoms with Gasteiger partial charge in [0, 0.05) is 23.1 Å². The zero-order valence-corrected chi connectivity index (χ0v) is 15.3. The van der Waals surface area contributed by atoms with Crippen molar-refractivity contribution in [3.8, 4) is 0 Å². The van der Waals surface area contributed by atoms with E-state index in [2.05, 4.69) is 6.58 Å². The van der Waals surface area contributed by atoms with E-state index in [9.17, 15) is 19.5 Å². The molecular formula is C20H24O6. The maximum absolute atomic E-state index is 12.3. The van der Waals surface area contributed by atoms with Crippen molar-refractivity contribution in [1.29, 1.82) is 0 Å². The monoisotopic (exact) mass is 360 g/mol. The molecule has 26 heavy (non-hydrogen) atoms. The van der Waals surface area contributed by atoms with Gasteiger partial charge in [0.2, 0.25) is 0 Å². The summed E-state index contributed by atoms with van der Waals surface area (Å²) in [4.78, 5) is 35.9. The van der Waals surface area contributed by atoms with Crippen LogP contribution in [0.2, 0.25) is 0 Å². The van der Waals surface area contributed by atoms with Gasteiger partial charge in [0.05, 0.1) is 5.92 Å². The summed E-state index contributed by atoms with van der Waals surface area (Å²) in [6.07, 6.45) is 4.81. The highest BCUT2D eigenvalue weighted by molar-refractivity contribution is 5.92. The van der Waals surface area contributed by atoms with Crippen molar-refractivity contribution in [3.63, 3.8) is 0 Å². The molecule has 6 heteroatoms. The molecule has 1 heterocycles. The predicted molar refractivity (Wildman–Crippen MR) is 95.1 cm³/mol. The van der Waals surface area contributed by atoms with Crippen LogP contribution in [0.5, 0.6) is 0 Å². The standard InChI is InChI=1S/C20H24O6/c1-5-12(3)19(23)25-16-10-14(18(21)22)8-6-7-11(2)9-15-17(16)13(4)20(24)26-15/h5,8-9,15-17H,4,6-7,10H2,1-3H3,(H,21,22)/b11-9+,12-5-,14-8+/t15-,16-,17+/m1/s1. The van der Waals surface area contributed by atoms with E-state index in [0.29, 0.717) is 18.4 Å². The van der Waals surface area contributed by atoms with Crippen molar-refractivity contribution in [1.82, 2.24) is 0 Å². The first kappa shape index (κ1) is 19.7. The van der Waals surface area contributed by atoms with Gasteiger partial charge in [-0.2, -0.15) is 0 Å². The quantitative estimate of drug-likeness (QED) is 0.472. The summed E-state index contributed by atoms with van der Waals surface area (Å²) < 4.78 is 11.0. The molecule has 140 valence electrons. The highest BCUT2D eigenvalue weighted by atomic mass is 16.6. The average Bonchev–Trinajstić information content (AvgIpc) is 2.85. The third-order valence-corrected chi connectivity index (χ3v) is 4.75. The Morgan fingerprint density at radius 2 is 2.12 bits per heavy atom. The fraction of sp³-hybridized carbons (Fsp3) is 0.450. The number of rotatable bonds is 3. The third-order valence-electron chi connectivity index (χ3n) is 4.75. The number of ether oxygens (including phenoxy) is 2. The first-order valence-corrected chi connectivity index (χ1v) is 8.57. The number of hydrogen-bond acceptors (Lipinski definition) is 5. The first-order chi connectivity index (χ1) is 12.2. The average molecular weight is 360 g/mol. The number of esters is 2. The number of fused-ring (bicyclic) bond motifs is 1. The van der Waals surface area contributed by atoms with Crippen LogP contribution in [0.4, 0.5) is 0 Å². The molecule has 1 aliphatic carbocycles. The van der Waals surface area contributed by atoms with Crippen molar-refractivity contribution < 1.29 is 29.0 Å². The second-order valence-electron chi connectivity index (χ2n) is 6.63. The molecule has 0 saturated carbocycles. The van der Waals surface area contributed by atoms with Crippen LogP contribution in [-0.4, -0.2) is 35.2 Å². The topological polar surface area (TPSA) is 89.9 Å². The van der Waals surface area contributed by atoms with E-state index in [-0.39, 0.29) is 17.6 Å². The molecule has 1 N–H and O–H groups in total. The van der Waals surface area contributed by atoms with Crippen molar-refractivity contribution in [2.45, 2.75) is 52.2 Å². The normalized spacial score (nSPS) is 31.0. The smallest absolute Gasteiger partial charge is 0.334 e. The molecule has 0 aromatic carbocycles. The Morgan fingerprint density at radius 1 is 1.42 bits per heavy atom. The van der Waals surface area contributed by atoms with Crippen molar-refractivity contribution in [2.24, 2.45) is 5.92 Å². The van der Waals surface area contributed by atoms with Crippen molar-refractivity contribution >= 4 is 17.9 Å². The Balaban J connectivity index is 2.46. The summed E-state index contributed by atoms with van der Waals surface area (Å²) in [5.74, 6) is -2.78. The lowest BCUT2D eigenvalue weighted by atomic mass is 9.85. The molecule has 6 nitrogen and oxygen atoms in total. The molecule has 0 amide bonds. The van der Waals surface area contributed by atoms with E-state index in [0.717, 1.165) is 5.57 Å². The molecule has 2 aliphatic rings. The van der Waals surface area contributed by atoms with Gasteiger partial charge in [0.15, 0.2) is 0 Å². The molecule has 0 aromatic rings. The van der Waals surface area contributed by atoms with Crippen LogP contribution in [0.15, 0.2) is 47.1 Å². The minimum absolute atomic E-state index is 0.0121. The zero-order chi connectivity index (χ0) is 19.4. The molecule has 1 aliphatic heterocycles. The van der Waals surface area contributed by atoms with E-state index in [1.54, 1.807) is 26.0 Å². The third kappa shape index (κ3) is 4.31. The Labute approximate surface area is 152 Å². The number of carboxylic acids is 1. The number of carboxylic acid groups (broad SMARTS) is 1. The lowest BCUT2D eigenvalue weighted by Gasteiger charge is -2.27. The fourth-order valence-corrected chi connectivity index (χ4v) is 3.08. The van der Waals surface area contributed by atoms with Gasteiger partial charge in [-0.1, -0.05) is 24.3 Å². The Hall–Kier alpha value is -2.63. The van der Waals surface area contributed by atoms with E-state index < -0.39 is 36.0 Å². The summed E-state index contributed by atoms with van der Waals surface area (Å²) in [6.45, 7) is 9.01. The Morgan fingerprint density at radius 3 is 2.73 bits per heavy atom. The largest absolute Gasteiger partial charge is 0.478 e. The Kier molecular flexibility index (Phi) is 6.18. The van der Waals surface area contributed by atoms with Crippen molar-refractivity contribution in [2.75, 3.05) is 0 Å². The van der Waals surface area contributed by atoms with Crippen molar-refractivity contribution in [3.05, 3.63) is 47.1 Å². The predicted octanol–water partition coefficient (Wildman–Crippen LogP) is 3.10. The van der Waals surface area contributed by atoms with E-state index in [1.807, 2.05) is 13.0 Å². The summed E-state index contributed by atoms with van der Waals surface area (Å²) in [5.41, 5.74) is 1.73. The molecule has 0 unspecified atom stereocenters. The van der Waals surface area contributed by atoms with Gasteiger partial charge in [0.1, 0.15) is 12.2 Å². The number of aliphatic carboxylic acids is 1. The second-order valence-corrected chi connectivity index (χ2v) is 6.63. The minimum Gasteiger partial charge on any atom is -0.478 e. The maximum Gasteiger partial charge on any atom is 0.334 e. The maximum atomic E-state index is 12.3. The summed E-state index contributed by atoms with van der Waals surface area (Å²) in [7, 11) is 0. The number of hydrogen-bond donors (Lipinski definition) is 1. The zero-order valence-electron chi connectivity index (χ0n) is 15.3. The van der Waals surface area contributed by atoms with Gasteiger partial charge in [-0.25, -0.2) is 14.4 Å². The van der Waals surface area contributed by atoms with Gasteiger partial charge in [-0.05, 0) is 39.7 Å². The van der Waals surface area contributed by atoms with Crippen LogP contribution in [0.25, 0.3) is 0 Å². The SMILES string of the molecule is C=C1C(=O)O[C@@H]2/C=C(\C)CC/C=C(/C(=O)O)C[C@@H](OC(=O)/C(C)=C\C)[C@@H]12. The number of carbonyl (C=O) groups is 3. The van der Waals surface area contributed by atoms with Gasteiger partial charge in [0.25, 0.3) is 0 Å². The lowest BCUT2D eigenvalue weighted by molar-refractivity contribution is -0.148. The summed E-state index contributed by atoms with van der Waals surface area (Å²) in [5, 5.41) is 9.49. The molecule has 0 spiro atoms. The molecule has 1 saturated heterocycles. The van der Waals surface area contributed by atoms with E-state index >= 15 is 0 Å². The molecule has 0 bridgehead atoms. The van der Waals surface area contributed by atoms with Crippen LogP contribution in [0.1, 0.15) is 40.0 Å². The Bertz CT molecular complexity index is 725. The van der Waals surface area contributed by atoms with Crippen LogP contribution >= 0.6 is 0 Å². The second kappa shape index (κ2) is 8.17. The van der Waals surface area contributed by atoms with Gasteiger partial charge in [-0.15, -0.1) is 0 Å². The van der Waals surface area contributed by atoms with Crippen LogP contribution in [0.3, 0.4) is 0 Å². The van der Waals surface area contributed by atoms with Crippen LogP contribution in [-0.2, 0) is 23.9 Å². The number of carbonyl (C=O) groups excluding carboxylic acids is 2. The van der Waals surface area contributed by atoms with Gasteiger partial charge >= 0.3 is 17.9 Å². The molecule has 1 fully saturated rings. The van der Waals surface area contributed by atoms with Gasteiger partial charge < -0.3 is 14.6 Å². The van der Waals surface area contributed by atoms with Crippen LogP contribution in [0, 0.1) is 5.92 Å². The number of allylic oxidation sites excluding steroid dienone is 3. The molecule has 0 radical (unpaired) electrons. The highest BCUT2D eigenvalue weighted by Crippen LogP contribution is 2.36. The lowest BCUT2D eigenvalue weighted by Crippen LogP contribution is -2.34. The van der Waals surface area contributed by atoms with Gasteiger partial charge in [-0.3, -0.25) is 0 Å². The molecular weight excluding hydrogens is 336 g/mol. The molecule has 0 aromatic heterocycles. The van der Waals surface area contributed by atoms with Crippen LogP contribution < -0.4 is 0 Å². The summed E-state index contributed by atoms with van der Waals surface area (Å²) >= 11 is 0. The highest BCUT2D eigenvalue weighted by Gasteiger charge is 2.45. The summed E-state index contributed by atoms with van der Waals surface area (Å²) in [6, 6.07) is 0. The first-order valence-electron chi connectivity index (χ1n) is 8.57. The minimum atomic E-state index is -1.07. The molecule has 2 rings (SSSR count). The molecule has 3 atom stereocenters. The fourth-order valence-electron chi connectivity index (χ4n) is 3.08. The van der Waals surface area contributed by atoms with E-state index in [1.165, 1.54) is 0 Å².